The van der Waals surface area contributed by atoms with Gasteiger partial charge in [-0.3, -0.25) is 9.97 Å². The maximum Gasteiger partial charge on any atom is 0.243 e. The third-order valence-corrected chi connectivity index (χ3v) is 3.05. The van der Waals surface area contributed by atoms with E-state index in [4.69, 9.17) is 4.52 Å². The highest BCUT2D eigenvalue weighted by Crippen LogP contribution is 2.21. The molecule has 1 atom stereocenters. The van der Waals surface area contributed by atoms with E-state index in [1.807, 2.05) is 32.0 Å². The summed E-state index contributed by atoms with van der Waals surface area (Å²) in [4.78, 5) is 12.9. The molecule has 20 heavy (non-hydrogen) atoms. The smallest absolute Gasteiger partial charge is 0.243 e. The van der Waals surface area contributed by atoms with Gasteiger partial charge in [-0.2, -0.15) is 4.98 Å². The molecule has 2 aromatic heterocycles. The van der Waals surface area contributed by atoms with Crippen LogP contribution in [-0.4, -0.2) is 26.7 Å². The van der Waals surface area contributed by atoms with Crippen LogP contribution in [0.5, 0.6) is 0 Å². The second-order valence-electron chi connectivity index (χ2n) is 4.50. The lowest BCUT2D eigenvalue weighted by molar-refractivity contribution is 0.342. The molecule has 3 aromatic rings. The van der Waals surface area contributed by atoms with E-state index in [1.165, 1.54) is 0 Å². The molecular weight excluding hydrogens is 254 g/mol. The highest BCUT2D eigenvalue weighted by Gasteiger charge is 2.14. The Morgan fingerprint density at radius 2 is 2.00 bits per heavy atom. The minimum Gasteiger partial charge on any atom is -0.337 e. The fourth-order valence-electron chi connectivity index (χ4n) is 2.02. The lowest BCUT2D eigenvalue weighted by atomic mass is 10.2. The number of benzene rings is 1. The van der Waals surface area contributed by atoms with Gasteiger partial charge >= 0.3 is 0 Å². The summed E-state index contributed by atoms with van der Waals surface area (Å²) in [6.45, 7) is 4.88. The molecular formula is C14H15N5O. The van der Waals surface area contributed by atoms with Crippen molar-refractivity contribution in [1.29, 1.82) is 0 Å². The van der Waals surface area contributed by atoms with E-state index >= 15 is 0 Å². The molecule has 0 aliphatic carbocycles. The highest BCUT2D eigenvalue weighted by molar-refractivity contribution is 5.79. The SMILES string of the molecule is CCNC(C)c1nc(-c2ccc3nccnc3c2)no1. The third-order valence-electron chi connectivity index (χ3n) is 3.05. The molecule has 1 unspecified atom stereocenters. The van der Waals surface area contributed by atoms with Crippen LogP contribution in [0.1, 0.15) is 25.8 Å². The Morgan fingerprint density at radius 1 is 1.20 bits per heavy atom. The molecule has 102 valence electrons. The van der Waals surface area contributed by atoms with Crippen LogP contribution in [0, 0.1) is 0 Å². The molecule has 0 bridgehead atoms. The van der Waals surface area contributed by atoms with Crippen LogP contribution < -0.4 is 5.32 Å². The first-order valence-electron chi connectivity index (χ1n) is 6.56. The number of hydrogen-bond donors (Lipinski definition) is 1. The zero-order valence-corrected chi connectivity index (χ0v) is 11.4. The Kier molecular flexibility index (Phi) is 3.39. The molecule has 6 nitrogen and oxygen atoms in total. The average Bonchev–Trinajstić information content (AvgIpc) is 2.97. The van der Waals surface area contributed by atoms with E-state index in [1.54, 1.807) is 12.4 Å². The zero-order valence-electron chi connectivity index (χ0n) is 11.4. The number of aromatic nitrogens is 4. The monoisotopic (exact) mass is 269 g/mol. The normalized spacial score (nSPS) is 12.7. The number of nitrogens with zero attached hydrogens (tertiary/aromatic N) is 4. The quantitative estimate of drug-likeness (QED) is 0.783. The van der Waals surface area contributed by atoms with Crippen molar-refractivity contribution in [1.82, 2.24) is 25.4 Å². The van der Waals surface area contributed by atoms with Crippen molar-refractivity contribution in [2.45, 2.75) is 19.9 Å². The summed E-state index contributed by atoms with van der Waals surface area (Å²) in [6.07, 6.45) is 3.34. The minimum atomic E-state index is 0.0431. The van der Waals surface area contributed by atoms with Gasteiger partial charge in [-0.1, -0.05) is 12.1 Å². The summed E-state index contributed by atoms with van der Waals surface area (Å²) in [5, 5.41) is 7.26. The molecule has 0 fully saturated rings. The van der Waals surface area contributed by atoms with Crippen LogP contribution in [0.15, 0.2) is 35.1 Å². The van der Waals surface area contributed by atoms with E-state index in [0.717, 1.165) is 23.1 Å². The molecule has 2 heterocycles. The maximum absolute atomic E-state index is 5.29. The molecule has 0 spiro atoms. The molecule has 0 amide bonds. The van der Waals surface area contributed by atoms with Gasteiger partial charge in [0.25, 0.3) is 0 Å². The minimum absolute atomic E-state index is 0.0431. The first kappa shape index (κ1) is 12.7. The second-order valence-corrected chi connectivity index (χ2v) is 4.50. The fourth-order valence-corrected chi connectivity index (χ4v) is 2.02. The van der Waals surface area contributed by atoms with Gasteiger partial charge in [-0.25, -0.2) is 0 Å². The Hall–Kier alpha value is -2.34. The van der Waals surface area contributed by atoms with Gasteiger partial charge in [0.15, 0.2) is 0 Å². The summed E-state index contributed by atoms with van der Waals surface area (Å²) in [6, 6.07) is 5.78. The third kappa shape index (κ3) is 2.37. The number of hydrogen-bond acceptors (Lipinski definition) is 6. The van der Waals surface area contributed by atoms with Crippen LogP contribution in [0.4, 0.5) is 0 Å². The second kappa shape index (κ2) is 5.34. The molecule has 1 aromatic carbocycles. The molecule has 6 heteroatoms. The molecule has 0 saturated carbocycles. The van der Waals surface area contributed by atoms with Crippen molar-refractivity contribution in [3.05, 3.63) is 36.5 Å². The number of nitrogens with one attached hydrogen (secondary N) is 1. The first-order valence-corrected chi connectivity index (χ1v) is 6.56. The zero-order chi connectivity index (χ0) is 13.9. The van der Waals surface area contributed by atoms with Crippen molar-refractivity contribution < 1.29 is 4.52 Å². The predicted molar refractivity (Wildman–Crippen MR) is 74.9 cm³/mol. The fraction of sp³-hybridized carbons (Fsp3) is 0.286. The molecule has 0 radical (unpaired) electrons. The van der Waals surface area contributed by atoms with Crippen LogP contribution in [-0.2, 0) is 0 Å². The largest absolute Gasteiger partial charge is 0.337 e. The van der Waals surface area contributed by atoms with E-state index in [0.29, 0.717) is 11.7 Å². The van der Waals surface area contributed by atoms with Gasteiger partial charge in [0, 0.05) is 18.0 Å². The number of fused-ring (bicyclic) bond motifs is 1. The summed E-state index contributed by atoms with van der Waals surface area (Å²) in [7, 11) is 0. The Balaban J connectivity index is 1.94. The van der Waals surface area contributed by atoms with E-state index in [9.17, 15) is 0 Å². The van der Waals surface area contributed by atoms with Crippen molar-refractivity contribution in [2.75, 3.05) is 6.54 Å². The van der Waals surface area contributed by atoms with Crippen LogP contribution in [0.2, 0.25) is 0 Å². The Bertz CT molecular complexity index is 724. The van der Waals surface area contributed by atoms with Crippen LogP contribution >= 0.6 is 0 Å². The van der Waals surface area contributed by atoms with Gasteiger partial charge in [0.05, 0.1) is 17.1 Å². The van der Waals surface area contributed by atoms with Crippen molar-refractivity contribution in [2.24, 2.45) is 0 Å². The first-order chi connectivity index (χ1) is 9.78. The van der Waals surface area contributed by atoms with Crippen molar-refractivity contribution in [3.63, 3.8) is 0 Å². The average molecular weight is 269 g/mol. The molecule has 0 aliphatic heterocycles. The number of rotatable bonds is 4. The van der Waals surface area contributed by atoms with E-state index < -0.39 is 0 Å². The highest BCUT2D eigenvalue weighted by atomic mass is 16.5. The van der Waals surface area contributed by atoms with Crippen LogP contribution in [0.25, 0.3) is 22.4 Å². The molecule has 0 aliphatic rings. The van der Waals surface area contributed by atoms with Crippen molar-refractivity contribution in [3.8, 4) is 11.4 Å². The summed E-state index contributed by atoms with van der Waals surface area (Å²) >= 11 is 0. The van der Waals surface area contributed by atoms with Crippen LogP contribution in [0.3, 0.4) is 0 Å². The predicted octanol–water partition coefficient (Wildman–Crippen LogP) is 2.35. The topological polar surface area (TPSA) is 76.7 Å². The Morgan fingerprint density at radius 3 is 2.80 bits per heavy atom. The van der Waals surface area contributed by atoms with E-state index in [-0.39, 0.29) is 6.04 Å². The van der Waals surface area contributed by atoms with Gasteiger partial charge in [0.2, 0.25) is 11.7 Å². The van der Waals surface area contributed by atoms with Gasteiger partial charge in [-0.15, -0.1) is 0 Å². The molecule has 3 rings (SSSR count). The van der Waals surface area contributed by atoms with E-state index in [2.05, 4.69) is 25.4 Å². The summed E-state index contributed by atoms with van der Waals surface area (Å²) in [5.41, 5.74) is 2.54. The van der Waals surface area contributed by atoms with Gasteiger partial charge in [-0.05, 0) is 31.7 Å². The lowest BCUT2D eigenvalue weighted by Gasteiger charge is -2.05. The summed E-state index contributed by atoms with van der Waals surface area (Å²) < 4.78 is 5.29. The lowest BCUT2D eigenvalue weighted by Crippen LogP contribution is -2.17. The van der Waals surface area contributed by atoms with Gasteiger partial charge < -0.3 is 9.84 Å². The Labute approximate surface area is 116 Å². The molecule has 0 saturated heterocycles. The molecule has 1 N–H and O–H groups in total. The van der Waals surface area contributed by atoms with Gasteiger partial charge in [0.1, 0.15) is 0 Å². The standard InChI is InChI=1S/C14H15N5O/c1-3-15-9(2)14-18-13(19-20-14)10-4-5-11-12(8-10)17-7-6-16-11/h4-9,15H,3H2,1-2H3. The van der Waals surface area contributed by atoms with Crippen molar-refractivity contribution >= 4 is 11.0 Å². The maximum atomic E-state index is 5.29. The summed E-state index contributed by atoms with van der Waals surface area (Å²) in [5.74, 6) is 1.15.